The van der Waals surface area contributed by atoms with Gasteiger partial charge in [0.25, 0.3) is 0 Å². The van der Waals surface area contributed by atoms with E-state index in [-0.39, 0.29) is 6.04 Å². The first-order valence-electron chi connectivity index (χ1n) is 6.47. The first-order chi connectivity index (χ1) is 9.06. The minimum absolute atomic E-state index is 0.254. The molecule has 0 aromatic carbocycles. The topological polar surface area (TPSA) is 82.5 Å². The van der Waals surface area contributed by atoms with E-state index in [2.05, 4.69) is 33.9 Å². The van der Waals surface area contributed by atoms with Gasteiger partial charge in [-0.1, -0.05) is 13.8 Å². The molecule has 102 valence electrons. The fraction of sp³-hybridized carbons (Fsp3) is 0.538. The van der Waals surface area contributed by atoms with Gasteiger partial charge in [-0.15, -0.1) is 0 Å². The number of aromatic nitrogens is 5. The monoisotopic (exact) mass is 260 g/mol. The van der Waals surface area contributed by atoms with Gasteiger partial charge >= 0.3 is 0 Å². The van der Waals surface area contributed by atoms with Gasteiger partial charge in [0.15, 0.2) is 0 Å². The average Bonchev–Trinajstić information content (AvgIpc) is 2.76. The number of nitrogens with two attached hydrogens (primary N) is 1. The highest BCUT2D eigenvalue weighted by Gasteiger charge is 2.14. The molecule has 2 aromatic heterocycles. The highest BCUT2D eigenvalue weighted by molar-refractivity contribution is 5.06. The second kappa shape index (κ2) is 5.88. The van der Waals surface area contributed by atoms with Crippen molar-refractivity contribution in [3.05, 3.63) is 35.9 Å². The maximum atomic E-state index is 6.13. The number of nitrogens with zero attached hydrogens (tertiary/aromatic N) is 5. The Morgan fingerprint density at radius 1 is 1.21 bits per heavy atom. The van der Waals surface area contributed by atoms with E-state index in [0.29, 0.717) is 18.2 Å². The zero-order valence-electron chi connectivity index (χ0n) is 11.6. The van der Waals surface area contributed by atoms with Crippen LogP contribution in [0.25, 0.3) is 0 Å². The lowest BCUT2D eigenvalue weighted by atomic mass is 10.2. The molecule has 0 spiro atoms. The van der Waals surface area contributed by atoms with Gasteiger partial charge in [-0.3, -0.25) is 0 Å². The van der Waals surface area contributed by atoms with Gasteiger partial charge < -0.3 is 5.73 Å². The Hall–Kier alpha value is -1.82. The largest absolute Gasteiger partial charge is 0.321 e. The minimum Gasteiger partial charge on any atom is -0.321 e. The maximum Gasteiger partial charge on any atom is 0.145 e. The van der Waals surface area contributed by atoms with Crippen molar-refractivity contribution in [2.45, 2.75) is 39.8 Å². The van der Waals surface area contributed by atoms with Crippen LogP contribution in [0.2, 0.25) is 0 Å². The molecule has 0 amide bonds. The fourth-order valence-electron chi connectivity index (χ4n) is 1.83. The Balaban J connectivity index is 2.08. The quantitative estimate of drug-likeness (QED) is 0.875. The first kappa shape index (κ1) is 13.6. The molecule has 0 aliphatic heterocycles. The van der Waals surface area contributed by atoms with Crippen molar-refractivity contribution in [1.82, 2.24) is 24.7 Å². The molecule has 0 radical (unpaired) electrons. The van der Waals surface area contributed by atoms with Crippen molar-refractivity contribution in [2.75, 3.05) is 0 Å². The maximum absolute atomic E-state index is 6.13. The van der Waals surface area contributed by atoms with Gasteiger partial charge in [-0.25, -0.2) is 19.6 Å². The third-order valence-corrected chi connectivity index (χ3v) is 2.77. The molecule has 1 atom stereocenters. The number of aryl methyl sites for hydroxylation is 1. The van der Waals surface area contributed by atoms with E-state index in [0.717, 1.165) is 17.9 Å². The molecule has 6 heteroatoms. The summed E-state index contributed by atoms with van der Waals surface area (Å²) >= 11 is 0. The highest BCUT2D eigenvalue weighted by atomic mass is 15.3. The third-order valence-electron chi connectivity index (χ3n) is 2.77. The second-order valence-corrected chi connectivity index (χ2v) is 5.18. The average molecular weight is 260 g/mol. The molecule has 2 heterocycles. The zero-order chi connectivity index (χ0) is 13.8. The zero-order valence-corrected chi connectivity index (χ0v) is 11.6. The van der Waals surface area contributed by atoms with Crippen molar-refractivity contribution in [1.29, 1.82) is 0 Å². The van der Waals surface area contributed by atoms with Crippen molar-refractivity contribution in [3.8, 4) is 0 Å². The van der Waals surface area contributed by atoms with Crippen molar-refractivity contribution >= 4 is 0 Å². The van der Waals surface area contributed by atoms with E-state index in [1.165, 1.54) is 0 Å². The summed E-state index contributed by atoms with van der Waals surface area (Å²) in [5.41, 5.74) is 7.16. The van der Waals surface area contributed by atoms with Gasteiger partial charge in [0.2, 0.25) is 0 Å². The van der Waals surface area contributed by atoms with Gasteiger partial charge in [-0.2, -0.15) is 5.10 Å². The summed E-state index contributed by atoms with van der Waals surface area (Å²) in [7, 11) is 0. The van der Waals surface area contributed by atoms with Crippen LogP contribution < -0.4 is 5.73 Å². The smallest absolute Gasteiger partial charge is 0.145 e. The number of hydrogen-bond acceptors (Lipinski definition) is 5. The van der Waals surface area contributed by atoms with Crippen LogP contribution in [0, 0.1) is 12.8 Å². The Labute approximate surface area is 113 Å². The van der Waals surface area contributed by atoms with E-state index in [1.807, 2.05) is 11.6 Å². The van der Waals surface area contributed by atoms with Gasteiger partial charge in [-0.05, 0) is 18.4 Å². The highest BCUT2D eigenvalue weighted by Crippen LogP contribution is 2.11. The first-order valence-corrected chi connectivity index (χ1v) is 6.47. The van der Waals surface area contributed by atoms with E-state index in [4.69, 9.17) is 5.73 Å². The summed E-state index contributed by atoms with van der Waals surface area (Å²) in [4.78, 5) is 12.8. The molecular weight excluding hydrogens is 240 g/mol. The van der Waals surface area contributed by atoms with Crippen LogP contribution in [0.3, 0.4) is 0 Å². The van der Waals surface area contributed by atoms with Crippen LogP contribution in [0.4, 0.5) is 0 Å². The molecule has 0 aliphatic carbocycles. The van der Waals surface area contributed by atoms with Crippen LogP contribution in [0.5, 0.6) is 0 Å². The molecule has 6 nitrogen and oxygen atoms in total. The molecule has 0 saturated heterocycles. The van der Waals surface area contributed by atoms with Crippen LogP contribution in [-0.2, 0) is 13.0 Å². The van der Waals surface area contributed by atoms with Crippen LogP contribution in [0.1, 0.15) is 37.1 Å². The molecule has 0 fully saturated rings. The SMILES string of the molecule is Cc1cnc(C(N)Cc2ncnn2CC(C)C)nc1. The predicted molar refractivity (Wildman–Crippen MR) is 72.3 cm³/mol. The molecule has 2 N–H and O–H groups in total. The van der Waals surface area contributed by atoms with Crippen molar-refractivity contribution in [3.63, 3.8) is 0 Å². The number of hydrogen-bond donors (Lipinski definition) is 1. The lowest BCUT2D eigenvalue weighted by molar-refractivity contribution is 0.457. The molecule has 19 heavy (non-hydrogen) atoms. The predicted octanol–water partition coefficient (Wildman–Crippen LogP) is 1.28. The Morgan fingerprint density at radius 2 is 1.89 bits per heavy atom. The molecule has 2 rings (SSSR count). The molecule has 1 unspecified atom stereocenters. The Bertz CT molecular complexity index is 516. The van der Waals surface area contributed by atoms with E-state index >= 15 is 0 Å². The molecule has 0 aliphatic rings. The van der Waals surface area contributed by atoms with Gasteiger partial charge in [0, 0.05) is 25.4 Å². The second-order valence-electron chi connectivity index (χ2n) is 5.18. The van der Waals surface area contributed by atoms with Crippen LogP contribution in [-0.4, -0.2) is 24.7 Å². The molecule has 0 saturated carbocycles. The standard InChI is InChI=1S/C13H20N6/c1-9(2)7-19-12(17-8-18-19)4-11(14)13-15-5-10(3)6-16-13/h5-6,8-9,11H,4,7,14H2,1-3H3. The number of rotatable bonds is 5. The van der Waals surface area contributed by atoms with Gasteiger partial charge in [0.1, 0.15) is 18.0 Å². The van der Waals surface area contributed by atoms with E-state index in [9.17, 15) is 0 Å². The van der Waals surface area contributed by atoms with Gasteiger partial charge in [0.05, 0.1) is 6.04 Å². The van der Waals surface area contributed by atoms with Crippen LogP contribution in [0.15, 0.2) is 18.7 Å². The summed E-state index contributed by atoms with van der Waals surface area (Å²) < 4.78 is 1.90. The lowest BCUT2D eigenvalue weighted by Crippen LogP contribution is -2.20. The van der Waals surface area contributed by atoms with Crippen molar-refractivity contribution in [2.24, 2.45) is 11.7 Å². The molecule has 0 bridgehead atoms. The summed E-state index contributed by atoms with van der Waals surface area (Å²) in [5, 5.41) is 4.23. The van der Waals surface area contributed by atoms with Crippen LogP contribution >= 0.6 is 0 Å². The van der Waals surface area contributed by atoms with Crippen molar-refractivity contribution < 1.29 is 0 Å². The van der Waals surface area contributed by atoms with E-state index < -0.39 is 0 Å². The molecule has 2 aromatic rings. The normalized spacial score (nSPS) is 12.9. The fourth-order valence-corrected chi connectivity index (χ4v) is 1.83. The summed E-state index contributed by atoms with van der Waals surface area (Å²) in [5.74, 6) is 2.04. The summed E-state index contributed by atoms with van der Waals surface area (Å²) in [6.45, 7) is 7.09. The minimum atomic E-state index is -0.254. The lowest BCUT2D eigenvalue weighted by Gasteiger charge is -2.12. The van der Waals surface area contributed by atoms with E-state index in [1.54, 1.807) is 18.7 Å². The summed E-state index contributed by atoms with van der Waals surface area (Å²) in [6, 6.07) is -0.254. The third kappa shape index (κ3) is 3.57. The molecular formula is C13H20N6. The Kier molecular flexibility index (Phi) is 4.21. The Morgan fingerprint density at radius 3 is 2.53 bits per heavy atom. The summed E-state index contributed by atoms with van der Waals surface area (Å²) in [6.07, 6.45) is 5.72.